The number of benzene rings is 1. The predicted octanol–water partition coefficient (Wildman–Crippen LogP) is 1.49. The third kappa shape index (κ3) is 6.29. The number of hydrogen-bond acceptors (Lipinski definition) is 3. The monoisotopic (exact) mass is 290 g/mol. The third-order valence-electron chi connectivity index (χ3n) is 3.25. The summed E-state index contributed by atoms with van der Waals surface area (Å²) >= 11 is 0. The number of carbonyl (C=O) groups excluding carboxylic acids is 2. The molecule has 1 aromatic carbocycles. The summed E-state index contributed by atoms with van der Waals surface area (Å²) in [6.07, 6.45) is 3.11. The number of nitrogens with one attached hydrogen (secondary N) is 2. The van der Waals surface area contributed by atoms with Gasteiger partial charge in [-0.25, -0.2) is 0 Å². The molecule has 2 amide bonds. The Kier molecular flexibility index (Phi) is 6.06. The van der Waals surface area contributed by atoms with E-state index in [2.05, 4.69) is 10.6 Å². The van der Waals surface area contributed by atoms with Gasteiger partial charge in [-0.3, -0.25) is 9.59 Å². The molecular weight excluding hydrogens is 268 g/mol. The second-order valence-electron chi connectivity index (χ2n) is 5.18. The van der Waals surface area contributed by atoms with Crippen molar-refractivity contribution in [3.63, 3.8) is 0 Å². The van der Waals surface area contributed by atoms with Crippen LogP contribution >= 0.6 is 0 Å². The van der Waals surface area contributed by atoms with E-state index in [1.165, 1.54) is 0 Å². The summed E-state index contributed by atoms with van der Waals surface area (Å²) in [6, 6.07) is 9.55. The first-order valence-corrected chi connectivity index (χ1v) is 7.48. The molecule has 0 bridgehead atoms. The van der Waals surface area contributed by atoms with E-state index in [1.54, 1.807) is 0 Å². The fourth-order valence-corrected chi connectivity index (χ4v) is 1.91. The molecule has 0 spiro atoms. The highest BCUT2D eigenvalue weighted by atomic mass is 16.5. The first-order valence-electron chi connectivity index (χ1n) is 7.48. The molecule has 1 aliphatic rings. The second-order valence-corrected chi connectivity index (χ2v) is 5.18. The lowest BCUT2D eigenvalue weighted by Crippen LogP contribution is -2.35. The zero-order valence-corrected chi connectivity index (χ0v) is 12.1. The van der Waals surface area contributed by atoms with Crippen molar-refractivity contribution in [2.75, 3.05) is 19.7 Å². The first kappa shape index (κ1) is 15.4. The van der Waals surface area contributed by atoms with Crippen LogP contribution in [-0.2, 0) is 9.59 Å². The molecule has 5 nitrogen and oxygen atoms in total. The van der Waals surface area contributed by atoms with E-state index in [0.29, 0.717) is 32.5 Å². The van der Waals surface area contributed by atoms with Crippen LogP contribution in [0.3, 0.4) is 0 Å². The SMILES string of the molecule is O=C(CCCOc1ccccc1)NCCNC(=O)C1CC1. The van der Waals surface area contributed by atoms with Gasteiger partial charge in [-0.1, -0.05) is 18.2 Å². The maximum Gasteiger partial charge on any atom is 0.223 e. The van der Waals surface area contributed by atoms with Gasteiger partial charge in [-0.2, -0.15) is 0 Å². The molecular formula is C16H22N2O3. The van der Waals surface area contributed by atoms with Gasteiger partial charge in [-0.15, -0.1) is 0 Å². The van der Waals surface area contributed by atoms with Gasteiger partial charge in [0.2, 0.25) is 11.8 Å². The first-order chi connectivity index (χ1) is 10.3. The van der Waals surface area contributed by atoms with Crippen LogP contribution in [0.1, 0.15) is 25.7 Å². The van der Waals surface area contributed by atoms with E-state index < -0.39 is 0 Å². The summed E-state index contributed by atoms with van der Waals surface area (Å²) in [7, 11) is 0. The molecule has 2 rings (SSSR count). The van der Waals surface area contributed by atoms with E-state index in [1.807, 2.05) is 30.3 Å². The Bertz CT molecular complexity index is 458. The van der Waals surface area contributed by atoms with Gasteiger partial charge in [0.25, 0.3) is 0 Å². The molecule has 2 N–H and O–H groups in total. The van der Waals surface area contributed by atoms with Crippen molar-refractivity contribution in [1.29, 1.82) is 0 Å². The maximum atomic E-state index is 11.6. The van der Waals surface area contributed by atoms with E-state index in [0.717, 1.165) is 18.6 Å². The molecule has 0 radical (unpaired) electrons. The van der Waals surface area contributed by atoms with Crippen molar-refractivity contribution in [3.05, 3.63) is 30.3 Å². The van der Waals surface area contributed by atoms with Crippen LogP contribution in [0.5, 0.6) is 5.75 Å². The summed E-state index contributed by atoms with van der Waals surface area (Å²) in [5.74, 6) is 1.14. The Balaban J connectivity index is 1.45. The Morgan fingerprint density at radius 2 is 1.81 bits per heavy atom. The number of hydrogen-bond donors (Lipinski definition) is 2. The van der Waals surface area contributed by atoms with Gasteiger partial charge in [0.1, 0.15) is 5.75 Å². The number of carbonyl (C=O) groups is 2. The molecule has 21 heavy (non-hydrogen) atoms. The predicted molar refractivity (Wildman–Crippen MR) is 79.9 cm³/mol. The molecule has 1 saturated carbocycles. The molecule has 0 heterocycles. The van der Waals surface area contributed by atoms with E-state index >= 15 is 0 Å². The van der Waals surface area contributed by atoms with Gasteiger partial charge in [-0.05, 0) is 31.4 Å². The molecule has 1 fully saturated rings. The quantitative estimate of drug-likeness (QED) is 0.677. The number of ether oxygens (including phenoxy) is 1. The Morgan fingerprint density at radius 1 is 1.10 bits per heavy atom. The highest BCUT2D eigenvalue weighted by Gasteiger charge is 2.28. The Morgan fingerprint density at radius 3 is 2.52 bits per heavy atom. The number of amides is 2. The Hall–Kier alpha value is -2.04. The van der Waals surface area contributed by atoms with Crippen LogP contribution in [0.4, 0.5) is 0 Å². The molecule has 114 valence electrons. The maximum absolute atomic E-state index is 11.6. The zero-order chi connectivity index (χ0) is 14.9. The lowest BCUT2D eigenvalue weighted by Gasteiger charge is -2.07. The smallest absolute Gasteiger partial charge is 0.223 e. The summed E-state index contributed by atoms with van der Waals surface area (Å²) in [5.41, 5.74) is 0. The van der Waals surface area contributed by atoms with Crippen LogP contribution in [0.15, 0.2) is 30.3 Å². The van der Waals surface area contributed by atoms with Crippen molar-refractivity contribution >= 4 is 11.8 Å². The lowest BCUT2D eigenvalue weighted by molar-refractivity contribution is -0.123. The van der Waals surface area contributed by atoms with E-state index in [-0.39, 0.29) is 17.7 Å². The molecule has 0 atom stereocenters. The minimum Gasteiger partial charge on any atom is -0.494 e. The highest BCUT2D eigenvalue weighted by molar-refractivity contribution is 5.81. The Labute approximate surface area is 125 Å². The van der Waals surface area contributed by atoms with Gasteiger partial charge in [0.05, 0.1) is 6.61 Å². The van der Waals surface area contributed by atoms with Crippen molar-refractivity contribution in [3.8, 4) is 5.75 Å². The van der Waals surface area contributed by atoms with Gasteiger partial charge >= 0.3 is 0 Å². The van der Waals surface area contributed by atoms with Crippen molar-refractivity contribution < 1.29 is 14.3 Å². The molecule has 1 aromatic rings. The average Bonchev–Trinajstić information content (AvgIpc) is 3.34. The number of para-hydroxylation sites is 1. The fourth-order valence-electron chi connectivity index (χ4n) is 1.91. The van der Waals surface area contributed by atoms with Crippen LogP contribution < -0.4 is 15.4 Å². The van der Waals surface area contributed by atoms with Crippen molar-refractivity contribution in [2.45, 2.75) is 25.7 Å². The topological polar surface area (TPSA) is 67.4 Å². The van der Waals surface area contributed by atoms with Gasteiger partial charge in [0.15, 0.2) is 0 Å². The van der Waals surface area contributed by atoms with Crippen LogP contribution in [0.2, 0.25) is 0 Å². The third-order valence-corrected chi connectivity index (χ3v) is 3.25. The van der Waals surface area contributed by atoms with E-state index in [4.69, 9.17) is 4.74 Å². The van der Waals surface area contributed by atoms with Crippen LogP contribution in [0.25, 0.3) is 0 Å². The van der Waals surface area contributed by atoms with E-state index in [9.17, 15) is 9.59 Å². The average molecular weight is 290 g/mol. The molecule has 0 aromatic heterocycles. The summed E-state index contributed by atoms with van der Waals surface area (Å²) in [4.78, 5) is 22.9. The summed E-state index contributed by atoms with van der Waals surface area (Å²) < 4.78 is 5.51. The summed E-state index contributed by atoms with van der Waals surface area (Å²) in [5, 5.41) is 5.60. The van der Waals surface area contributed by atoms with Crippen molar-refractivity contribution in [2.24, 2.45) is 5.92 Å². The molecule has 0 aliphatic heterocycles. The molecule has 5 heteroatoms. The summed E-state index contributed by atoms with van der Waals surface area (Å²) in [6.45, 7) is 1.51. The fraction of sp³-hybridized carbons (Fsp3) is 0.500. The largest absolute Gasteiger partial charge is 0.494 e. The highest BCUT2D eigenvalue weighted by Crippen LogP contribution is 2.28. The van der Waals surface area contributed by atoms with Crippen molar-refractivity contribution in [1.82, 2.24) is 10.6 Å². The standard InChI is InChI=1S/C16H22N2O3/c19-15(17-10-11-18-16(20)13-8-9-13)7-4-12-21-14-5-2-1-3-6-14/h1-3,5-6,13H,4,7-12H2,(H,17,19)(H,18,20). The molecule has 0 saturated heterocycles. The van der Waals surface area contributed by atoms with Crippen LogP contribution in [-0.4, -0.2) is 31.5 Å². The lowest BCUT2D eigenvalue weighted by atomic mass is 10.3. The minimum absolute atomic E-state index is 0.00710. The molecule has 0 unspecified atom stereocenters. The zero-order valence-electron chi connectivity index (χ0n) is 12.1. The molecule has 1 aliphatic carbocycles. The van der Waals surface area contributed by atoms with Crippen LogP contribution in [0, 0.1) is 5.92 Å². The second kappa shape index (κ2) is 8.29. The number of rotatable bonds is 9. The normalized spacial score (nSPS) is 13.5. The van der Waals surface area contributed by atoms with Gasteiger partial charge < -0.3 is 15.4 Å². The van der Waals surface area contributed by atoms with Gasteiger partial charge in [0, 0.05) is 25.4 Å². The minimum atomic E-state index is -0.00710.